The maximum atomic E-state index is 12.1. The Morgan fingerprint density at radius 1 is 1.00 bits per heavy atom. The first-order chi connectivity index (χ1) is 12.9. The van der Waals surface area contributed by atoms with E-state index in [1.807, 2.05) is 0 Å². The molecule has 0 aromatic heterocycles. The molecule has 8 heteroatoms. The standard InChI is InChI=1S/C19H21NO6S/c21-14-17(20-18(22)15-8-3-1-4-9-15)19(23)26-12-7-13-27(24,25)16-10-5-2-6-11-16/h1-6,8-11,17,21H,7,12-14H2,(H,20,22). The van der Waals surface area contributed by atoms with Gasteiger partial charge in [-0.2, -0.15) is 0 Å². The molecule has 2 N–H and O–H groups in total. The number of sulfone groups is 1. The van der Waals surface area contributed by atoms with E-state index >= 15 is 0 Å². The average Bonchev–Trinajstić information content (AvgIpc) is 2.70. The summed E-state index contributed by atoms with van der Waals surface area (Å²) in [5.74, 6) is -1.51. The van der Waals surface area contributed by atoms with E-state index in [1.165, 1.54) is 12.1 Å². The Kier molecular flexibility index (Phi) is 7.51. The number of carbonyl (C=O) groups is 2. The molecule has 1 amide bonds. The number of hydrogen-bond acceptors (Lipinski definition) is 6. The number of amides is 1. The molecule has 0 radical (unpaired) electrons. The molecular weight excluding hydrogens is 370 g/mol. The Bertz CT molecular complexity index is 852. The van der Waals surface area contributed by atoms with Gasteiger partial charge < -0.3 is 15.2 Å². The maximum Gasteiger partial charge on any atom is 0.331 e. The fourth-order valence-electron chi connectivity index (χ4n) is 2.28. The van der Waals surface area contributed by atoms with E-state index in [1.54, 1.807) is 48.5 Å². The number of ether oxygens (including phenoxy) is 1. The highest BCUT2D eigenvalue weighted by molar-refractivity contribution is 7.91. The van der Waals surface area contributed by atoms with Crippen LogP contribution in [0, 0.1) is 0 Å². The van der Waals surface area contributed by atoms with Crippen molar-refractivity contribution >= 4 is 21.7 Å². The summed E-state index contributed by atoms with van der Waals surface area (Å²) in [5.41, 5.74) is 0.345. The molecule has 0 fully saturated rings. The Morgan fingerprint density at radius 2 is 1.59 bits per heavy atom. The summed E-state index contributed by atoms with van der Waals surface area (Å²) >= 11 is 0. The molecule has 0 aliphatic heterocycles. The number of rotatable bonds is 9. The van der Waals surface area contributed by atoms with Gasteiger partial charge in [0.15, 0.2) is 15.9 Å². The summed E-state index contributed by atoms with van der Waals surface area (Å²) in [6.07, 6.45) is 0.105. The molecule has 0 aliphatic rings. The van der Waals surface area contributed by atoms with E-state index in [2.05, 4.69) is 5.32 Å². The molecule has 2 aromatic carbocycles. The third-order valence-corrected chi connectivity index (χ3v) is 5.53. The summed E-state index contributed by atoms with van der Waals surface area (Å²) in [6, 6.07) is 15.0. The molecular formula is C19H21NO6S. The first-order valence-electron chi connectivity index (χ1n) is 8.35. The van der Waals surface area contributed by atoms with Gasteiger partial charge in [-0.3, -0.25) is 4.79 Å². The molecule has 27 heavy (non-hydrogen) atoms. The lowest BCUT2D eigenvalue weighted by atomic mass is 10.2. The van der Waals surface area contributed by atoms with Crippen molar-refractivity contribution in [2.24, 2.45) is 0 Å². The Hall–Kier alpha value is -2.71. The van der Waals surface area contributed by atoms with Crippen LogP contribution in [-0.2, 0) is 19.4 Å². The highest BCUT2D eigenvalue weighted by atomic mass is 32.2. The van der Waals surface area contributed by atoms with Crippen LogP contribution < -0.4 is 5.32 Å². The largest absolute Gasteiger partial charge is 0.464 e. The molecule has 2 aromatic rings. The van der Waals surface area contributed by atoms with Crippen molar-refractivity contribution < 1.29 is 27.9 Å². The van der Waals surface area contributed by atoms with Crippen molar-refractivity contribution in [2.75, 3.05) is 19.0 Å². The van der Waals surface area contributed by atoms with E-state index in [-0.39, 0.29) is 23.7 Å². The molecule has 2 rings (SSSR count). The second-order valence-electron chi connectivity index (χ2n) is 5.73. The number of hydrogen-bond donors (Lipinski definition) is 2. The van der Waals surface area contributed by atoms with Crippen LogP contribution in [0.25, 0.3) is 0 Å². The quantitative estimate of drug-likeness (QED) is 0.491. The molecule has 0 saturated heterocycles. The number of aliphatic hydroxyl groups is 1. The number of aliphatic hydroxyl groups excluding tert-OH is 1. The van der Waals surface area contributed by atoms with Gasteiger partial charge in [0, 0.05) is 5.56 Å². The van der Waals surface area contributed by atoms with E-state index in [9.17, 15) is 23.1 Å². The van der Waals surface area contributed by atoms with Crippen molar-refractivity contribution in [2.45, 2.75) is 17.4 Å². The van der Waals surface area contributed by atoms with Crippen LogP contribution >= 0.6 is 0 Å². The maximum absolute atomic E-state index is 12.1. The third kappa shape index (κ3) is 6.19. The van der Waals surface area contributed by atoms with Gasteiger partial charge in [-0.25, -0.2) is 13.2 Å². The number of esters is 1. The smallest absolute Gasteiger partial charge is 0.331 e. The van der Waals surface area contributed by atoms with E-state index in [0.717, 1.165) is 0 Å². The van der Waals surface area contributed by atoms with Crippen molar-refractivity contribution in [3.8, 4) is 0 Å². The lowest BCUT2D eigenvalue weighted by Crippen LogP contribution is -2.44. The van der Waals surface area contributed by atoms with E-state index in [4.69, 9.17) is 4.74 Å². The van der Waals surface area contributed by atoms with Crippen LogP contribution in [0.3, 0.4) is 0 Å². The molecule has 144 valence electrons. The molecule has 7 nitrogen and oxygen atoms in total. The van der Waals surface area contributed by atoms with E-state index < -0.39 is 34.4 Å². The van der Waals surface area contributed by atoms with Crippen molar-refractivity contribution in [1.82, 2.24) is 5.32 Å². The van der Waals surface area contributed by atoms with Crippen molar-refractivity contribution in [3.63, 3.8) is 0 Å². The Morgan fingerprint density at radius 3 is 2.19 bits per heavy atom. The molecule has 0 heterocycles. The molecule has 1 atom stereocenters. The Balaban J connectivity index is 1.81. The second-order valence-corrected chi connectivity index (χ2v) is 7.84. The van der Waals surface area contributed by atoms with Crippen LogP contribution in [0.4, 0.5) is 0 Å². The van der Waals surface area contributed by atoms with Crippen molar-refractivity contribution in [3.05, 3.63) is 66.2 Å². The molecule has 0 spiro atoms. The topological polar surface area (TPSA) is 110 Å². The van der Waals surface area contributed by atoms with Crippen LogP contribution in [0.2, 0.25) is 0 Å². The minimum absolute atomic E-state index is 0.105. The van der Waals surface area contributed by atoms with Gasteiger partial charge in [0.2, 0.25) is 0 Å². The summed E-state index contributed by atoms with van der Waals surface area (Å²) in [4.78, 5) is 24.2. The zero-order valence-electron chi connectivity index (χ0n) is 14.6. The Labute approximate surface area is 157 Å². The van der Waals surface area contributed by atoms with Crippen LogP contribution in [0.15, 0.2) is 65.6 Å². The molecule has 0 bridgehead atoms. The summed E-state index contributed by atoms with van der Waals surface area (Å²) < 4.78 is 29.2. The zero-order valence-corrected chi connectivity index (χ0v) is 15.4. The molecule has 0 aliphatic carbocycles. The minimum atomic E-state index is -3.45. The van der Waals surface area contributed by atoms with Gasteiger partial charge in [-0.15, -0.1) is 0 Å². The van der Waals surface area contributed by atoms with Gasteiger partial charge >= 0.3 is 5.97 Å². The average molecular weight is 391 g/mol. The minimum Gasteiger partial charge on any atom is -0.464 e. The van der Waals surface area contributed by atoms with Crippen LogP contribution in [0.5, 0.6) is 0 Å². The molecule has 0 saturated carbocycles. The lowest BCUT2D eigenvalue weighted by Gasteiger charge is -2.15. The highest BCUT2D eigenvalue weighted by Crippen LogP contribution is 2.11. The fourth-order valence-corrected chi connectivity index (χ4v) is 3.58. The van der Waals surface area contributed by atoms with Gasteiger partial charge in [-0.1, -0.05) is 36.4 Å². The number of benzene rings is 2. The highest BCUT2D eigenvalue weighted by Gasteiger charge is 2.22. The fraction of sp³-hybridized carbons (Fsp3) is 0.263. The first kappa shape index (κ1) is 20.6. The first-order valence-corrected chi connectivity index (χ1v) is 10.0. The SMILES string of the molecule is O=C(NC(CO)C(=O)OCCCS(=O)(=O)c1ccccc1)c1ccccc1. The van der Waals surface area contributed by atoms with Crippen LogP contribution in [0.1, 0.15) is 16.8 Å². The normalized spacial score (nSPS) is 12.2. The molecule has 1 unspecified atom stereocenters. The zero-order chi connectivity index (χ0) is 19.7. The van der Waals surface area contributed by atoms with E-state index in [0.29, 0.717) is 5.56 Å². The predicted octanol–water partition coefficient (Wildman–Crippen LogP) is 1.18. The number of carbonyl (C=O) groups excluding carboxylic acids is 2. The van der Waals surface area contributed by atoms with Crippen molar-refractivity contribution in [1.29, 1.82) is 0 Å². The summed E-state index contributed by atoms with van der Waals surface area (Å²) in [6.45, 7) is -0.762. The van der Waals surface area contributed by atoms with Gasteiger partial charge in [0.25, 0.3) is 5.91 Å². The summed E-state index contributed by atoms with van der Waals surface area (Å²) in [7, 11) is -3.45. The van der Waals surface area contributed by atoms with Gasteiger partial charge in [0.1, 0.15) is 0 Å². The van der Waals surface area contributed by atoms with Gasteiger partial charge in [-0.05, 0) is 30.7 Å². The van der Waals surface area contributed by atoms with Gasteiger partial charge in [0.05, 0.1) is 23.9 Å². The second kappa shape index (κ2) is 9.84. The number of nitrogens with one attached hydrogen (secondary N) is 1. The lowest BCUT2D eigenvalue weighted by molar-refractivity contribution is -0.146. The predicted molar refractivity (Wildman–Crippen MR) is 98.9 cm³/mol. The summed E-state index contributed by atoms with van der Waals surface area (Å²) in [5, 5.41) is 11.7. The monoisotopic (exact) mass is 391 g/mol. The van der Waals surface area contributed by atoms with Crippen LogP contribution in [-0.4, -0.2) is 50.4 Å². The third-order valence-electron chi connectivity index (χ3n) is 3.71.